The first-order chi connectivity index (χ1) is 3.85. The Morgan fingerprint density at radius 3 is 2.12 bits per heavy atom. The van der Waals surface area contributed by atoms with E-state index in [2.05, 4.69) is 19.2 Å². The van der Waals surface area contributed by atoms with Gasteiger partial charge in [0.05, 0.1) is 0 Å². The first-order valence-electron chi connectivity index (χ1n) is 3.52. The van der Waals surface area contributed by atoms with E-state index in [1.165, 1.54) is 19.3 Å². The molecule has 0 unspecified atom stereocenters. The average molecular weight is 115 g/mol. The van der Waals surface area contributed by atoms with Gasteiger partial charge < -0.3 is 5.32 Å². The van der Waals surface area contributed by atoms with Gasteiger partial charge in [-0.05, 0) is 19.9 Å². The lowest BCUT2D eigenvalue weighted by molar-refractivity contribution is 0.503. The molecular formula is C7H17N. The average Bonchev–Trinajstić information content (AvgIpc) is 1.83. The van der Waals surface area contributed by atoms with Crippen LogP contribution in [0.15, 0.2) is 0 Å². The number of nitrogens with one attached hydrogen (secondary N) is 1. The molecule has 1 atom stereocenters. The zero-order valence-corrected chi connectivity index (χ0v) is 6.20. The van der Waals surface area contributed by atoms with Crippen molar-refractivity contribution in [3.05, 3.63) is 0 Å². The molecular weight excluding hydrogens is 98.1 g/mol. The van der Waals surface area contributed by atoms with Crippen molar-refractivity contribution in [3.8, 4) is 0 Å². The van der Waals surface area contributed by atoms with Crippen LogP contribution in [0.3, 0.4) is 0 Å². The molecule has 1 N–H and O–H groups in total. The smallest absolute Gasteiger partial charge is 0.00613 e. The Morgan fingerprint density at radius 1 is 1.38 bits per heavy atom. The Morgan fingerprint density at radius 2 is 2.00 bits per heavy atom. The second-order valence-corrected chi connectivity index (χ2v) is 2.18. The van der Waals surface area contributed by atoms with Gasteiger partial charge in [-0.25, -0.2) is 0 Å². The zero-order valence-electron chi connectivity index (χ0n) is 6.20. The summed E-state index contributed by atoms with van der Waals surface area (Å²) >= 11 is 0. The van der Waals surface area contributed by atoms with Crippen molar-refractivity contribution in [1.29, 1.82) is 0 Å². The molecule has 0 aliphatic carbocycles. The van der Waals surface area contributed by atoms with Gasteiger partial charge in [-0.3, -0.25) is 0 Å². The van der Waals surface area contributed by atoms with Crippen molar-refractivity contribution in [3.63, 3.8) is 0 Å². The van der Waals surface area contributed by atoms with E-state index in [4.69, 9.17) is 0 Å². The summed E-state index contributed by atoms with van der Waals surface area (Å²) in [5.74, 6) is 0. The molecule has 0 fully saturated rings. The fraction of sp³-hybridized carbons (Fsp3) is 1.00. The Balaban J connectivity index is 3.07. The summed E-state index contributed by atoms with van der Waals surface area (Å²) in [6.45, 7) is 4.44. The highest BCUT2D eigenvalue weighted by Crippen LogP contribution is 1.98. The minimum Gasteiger partial charge on any atom is -0.317 e. The first kappa shape index (κ1) is 7.96. The van der Waals surface area contributed by atoms with Crippen molar-refractivity contribution in [2.75, 3.05) is 7.05 Å². The van der Waals surface area contributed by atoms with Crippen LogP contribution in [0.2, 0.25) is 0 Å². The maximum atomic E-state index is 3.25. The van der Waals surface area contributed by atoms with Crippen LogP contribution in [0.1, 0.15) is 33.1 Å². The SMILES string of the molecule is CCC[C@H](CC)NC. The molecule has 0 aromatic rings. The molecule has 0 radical (unpaired) electrons. The summed E-state index contributed by atoms with van der Waals surface area (Å²) < 4.78 is 0. The summed E-state index contributed by atoms with van der Waals surface area (Å²) in [7, 11) is 2.03. The molecule has 0 saturated heterocycles. The first-order valence-corrected chi connectivity index (χ1v) is 3.52. The second-order valence-electron chi connectivity index (χ2n) is 2.18. The highest BCUT2D eigenvalue weighted by molar-refractivity contribution is 4.59. The molecule has 0 amide bonds. The van der Waals surface area contributed by atoms with Gasteiger partial charge in [0.15, 0.2) is 0 Å². The van der Waals surface area contributed by atoms with Gasteiger partial charge >= 0.3 is 0 Å². The van der Waals surface area contributed by atoms with Gasteiger partial charge in [0, 0.05) is 6.04 Å². The fourth-order valence-electron chi connectivity index (χ4n) is 0.901. The van der Waals surface area contributed by atoms with Crippen molar-refractivity contribution in [2.45, 2.75) is 39.2 Å². The largest absolute Gasteiger partial charge is 0.317 e. The van der Waals surface area contributed by atoms with Crippen LogP contribution in [-0.4, -0.2) is 13.1 Å². The van der Waals surface area contributed by atoms with Crippen LogP contribution < -0.4 is 5.32 Å². The molecule has 8 heavy (non-hydrogen) atoms. The summed E-state index contributed by atoms with van der Waals surface area (Å²) in [5, 5.41) is 3.25. The third-order valence-corrected chi connectivity index (χ3v) is 1.54. The Labute approximate surface area is 52.5 Å². The quantitative estimate of drug-likeness (QED) is 0.589. The minimum atomic E-state index is 0.750. The van der Waals surface area contributed by atoms with E-state index in [0.717, 1.165) is 6.04 Å². The van der Waals surface area contributed by atoms with Gasteiger partial charge in [-0.1, -0.05) is 20.3 Å². The van der Waals surface area contributed by atoms with Gasteiger partial charge in [0.1, 0.15) is 0 Å². The Kier molecular flexibility index (Phi) is 5.08. The van der Waals surface area contributed by atoms with E-state index < -0.39 is 0 Å². The van der Waals surface area contributed by atoms with Gasteiger partial charge in [-0.15, -0.1) is 0 Å². The van der Waals surface area contributed by atoms with Crippen LogP contribution >= 0.6 is 0 Å². The summed E-state index contributed by atoms with van der Waals surface area (Å²) in [4.78, 5) is 0. The van der Waals surface area contributed by atoms with Crippen LogP contribution in [0.4, 0.5) is 0 Å². The van der Waals surface area contributed by atoms with E-state index in [0.29, 0.717) is 0 Å². The second kappa shape index (κ2) is 5.10. The van der Waals surface area contributed by atoms with Crippen molar-refractivity contribution < 1.29 is 0 Å². The third kappa shape index (κ3) is 3.03. The zero-order chi connectivity index (χ0) is 6.41. The summed E-state index contributed by atoms with van der Waals surface area (Å²) in [5.41, 5.74) is 0. The molecule has 0 spiro atoms. The lowest BCUT2D eigenvalue weighted by Crippen LogP contribution is -2.23. The van der Waals surface area contributed by atoms with Crippen LogP contribution in [0.25, 0.3) is 0 Å². The molecule has 0 saturated carbocycles. The monoisotopic (exact) mass is 115 g/mol. The van der Waals surface area contributed by atoms with Gasteiger partial charge in [0.2, 0.25) is 0 Å². The predicted molar refractivity (Wildman–Crippen MR) is 38.0 cm³/mol. The topological polar surface area (TPSA) is 12.0 Å². The van der Waals surface area contributed by atoms with E-state index in [1.807, 2.05) is 7.05 Å². The summed E-state index contributed by atoms with van der Waals surface area (Å²) in [6, 6.07) is 0.750. The van der Waals surface area contributed by atoms with Crippen LogP contribution in [0.5, 0.6) is 0 Å². The van der Waals surface area contributed by atoms with Gasteiger partial charge in [0.25, 0.3) is 0 Å². The highest BCUT2D eigenvalue weighted by Gasteiger charge is 1.97. The molecule has 0 rings (SSSR count). The molecule has 0 aromatic carbocycles. The fourth-order valence-corrected chi connectivity index (χ4v) is 0.901. The van der Waals surface area contributed by atoms with E-state index >= 15 is 0 Å². The van der Waals surface area contributed by atoms with E-state index in [-0.39, 0.29) is 0 Å². The molecule has 0 aliphatic rings. The van der Waals surface area contributed by atoms with Gasteiger partial charge in [-0.2, -0.15) is 0 Å². The van der Waals surface area contributed by atoms with Crippen LogP contribution in [0, 0.1) is 0 Å². The Bertz CT molecular complexity index is 39.7. The van der Waals surface area contributed by atoms with E-state index in [1.54, 1.807) is 0 Å². The minimum absolute atomic E-state index is 0.750. The standard InChI is InChI=1S/C7H17N/c1-4-6-7(5-2)8-3/h7-8H,4-6H2,1-3H3/t7-/m0/s1. The number of rotatable bonds is 4. The molecule has 1 heteroatoms. The van der Waals surface area contributed by atoms with Crippen molar-refractivity contribution in [1.82, 2.24) is 5.32 Å². The summed E-state index contributed by atoms with van der Waals surface area (Å²) in [6.07, 6.45) is 3.86. The maximum Gasteiger partial charge on any atom is 0.00613 e. The molecule has 0 bridgehead atoms. The third-order valence-electron chi connectivity index (χ3n) is 1.54. The lowest BCUT2D eigenvalue weighted by atomic mass is 10.1. The lowest BCUT2D eigenvalue weighted by Gasteiger charge is -2.10. The molecule has 50 valence electrons. The molecule has 0 aliphatic heterocycles. The highest BCUT2D eigenvalue weighted by atomic mass is 14.9. The number of hydrogen-bond acceptors (Lipinski definition) is 1. The van der Waals surface area contributed by atoms with Crippen molar-refractivity contribution in [2.24, 2.45) is 0 Å². The van der Waals surface area contributed by atoms with Crippen molar-refractivity contribution >= 4 is 0 Å². The molecule has 1 nitrogen and oxygen atoms in total. The number of hydrogen-bond donors (Lipinski definition) is 1. The van der Waals surface area contributed by atoms with E-state index in [9.17, 15) is 0 Å². The maximum absolute atomic E-state index is 3.25. The normalized spacial score (nSPS) is 13.9. The Hall–Kier alpha value is -0.0400. The molecule has 0 aromatic heterocycles. The molecule has 0 heterocycles. The predicted octanol–water partition coefficient (Wildman–Crippen LogP) is 1.78. The van der Waals surface area contributed by atoms with Crippen LogP contribution in [-0.2, 0) is 0 Å².